The Morgan fingerprint density at radius 2 is 1.52 bits per heavy atom. The van der Waals surface area contributed by atoms with Crippen LogP contribution in [-0.4, -0.2) is 56.8 Å². The average molecular weight is 458 g/mol. The van der Waals surface area contributed by atoms with Gasteiger partial charge in [-0.2, -0.15) is 15.0 Å². The minimum atomic E-state index is 0.00942. The highest BCUT2D eigenvalue weighted by Crippen LogP contribution is 2.18. The van der Waals surface area contributed by atoms with E-state index in [9.17, 15) is 4.79 Å². The number of nitrogen functional groups attached to an aromatic ring is 1. The Balaban J connectivity index is 1.35. The lowest BCUT2D eigenvalue weighted by Crippen LogP contribution is -2.48. The second kappa shape index (κ2) is 9.47. The predicted octanol–water partition coefficient (Wildman–Crippen LogP) is 3.46. The number of piperazine rings is 1. The molecule has 10 heteroatoms. The summed E-state index contributed by atoms with van der Waals surface area (Å²) in [6.45, 7) is 3.19. The van der Waals surface area contributed by atoms with Gasteiger partial charge < -0.3 is 16.0 Å². The van der Waals surface area contributed by atoms with Crippen LogP contribution in [0, 0.1) is 0 Å². The summed E-state index contributed by atoms with van der Waals surface area (Å²) >= 11 is 11.8. The normalized spacial score (nSPS) is 14.5. The number of nitrogens with one attached hydrogen (secondary N) is 1. The summed E-state index contributed by atoms with van der Waals surface area (Å²) in [7, 11) is 0. The highest BCUT2D eigenvalue weighted by Gasteiger charge is 2.23. The van der Waals surface area contributed by atoms with Gasteiger partial charge in [0.1, 0.15) is 5.82 Å². The van der Waals surface area contributed by atoms with Crippen LogP contribution in [0.5, 0.6) is 0 Å². The maximum atomic E-state index is 12.7. The van der Waals surface area contributed by atoms with Crippen LogP contribution in [0.3, 0.4) is 0 Å². The van der Waals surface area contributed by atoms with Crippen LogP contribution in [0.25, 0.3) is 0 Å². The maximum Gasteiger partial charge on any atom is 0.253 e. The zero-order valence-electron chi connectivity index (χ0n) is 16.6. The molecule has 0 aliphatic carbocycles. The quantitative estimate of drug-likeness (QED) is 0.604. The fourth-order valence-electron chi connectivity index (χ4n) is 3.31. The minimum absolute atomic E-state index is 0.00942. The van der Waals surface area contributed by atoms with Crippen LogP contribution >= 0.6 is 23.2 Å². The van der Waals surface area contributed by atoms with Gasteiger partial charge in [-0.3, -0.25) is 9.69 Å². The smallest absolute Gasteiger partial charge is 0.253 e. The standard InChI is InChI=1S/C21H21Cl2N7O/c22-15-3-1-14(2-4-15)19(31)30-11-9-29(10-12-30)13-18-26-20(24)28-21(27-18)25-17-7-5-16(23)6-8-17/h1-8H,9-13H2,(H3,24,25,26,27,28). The fraction of sp³-hybridized carbons (Fsp3) is 0.238. The third-order valence-corrected chi connectivity index (χ3v) is 5.42. The molecule has 1 amide bonds. The number of halogens is 2. The van der Waals surface area contributed by atoms with Crippen LogP contribution in [0.1, 0.15) is 16.2 Å². The number of amides is 1. The van der Waals surface area contributed by atoms with E-state index in [1.165, 1.54) is 0 Å². The van der Waals surface area contributed by atoms with Gasteiger partial charge in [-0.1, -0.05) is 23.2 Å². The average Bonchev–Trinajstić information content (AvgIpc) is 2.76. The summed E-state index contributed by atoms with van der Waals surface area (Å²) in [5.41, 5.74) is 7.32. The minimum Gasteiger partial charge on any atom is -0.368 e. The molecule has 31 heavy (non-hydrogen) atoms. The van der Waals surface area contributed by atoms with Crippen LogP contribution in [0.15, 0.2) is 48.5 Å². The zero-order chi connectivity index (χ0) is 21.8. The van der Waals surface area contributed by atoms with Crippen LogP contribution in [0.2, 0.25) is 10.0 Å². The Kier molecular flexibility index (Phi) is 6.50. The van der Waals surface area contributed by atoms with Gasteiger partial charge in [0, 0.05) is 47.5 Å². The Hall–Kier alpha value is -2.94. The molecule has 3 aromatic rings. The molecule has 2 aromatic carbocycles. The van der Waals surface area contributed by atoms with E-state index >= 15 is 0 Å². The van der Waals surface area contributed by atoms with E-state index in [-0.39, 0.29) is 11.9 Å². The molecule has 160 valence electrons. The molecular weight excluding hydrogens is 437 g/mol. The zero-order valence-corrected chi connectivity index (χ0v) is 18.1. The van der Waals surface area contributed by atoms with Crippen molar-refractivity contribution in [3.63, 3.8) is 0 Å². The van der Waals surface area contributed by atoms with Gasteiger partial charge in [0.25, 0.3) is 5.91 Å². The van der Waals surface area contributed by atoms with E-state index in [2.05, 4.69) is 25.2 Å². The number of anilines is 3. The third-order valence-electron chi connectivity index (χ3n) is 4.92. The van der Waals surface area contributed by atoms with Gasteiger partial charge in [0.05, 0.1) is 6.54 Å². The number of nitrogens with two attached hydrogens (primary N) is 1. The molecule has 1 aliphatic heterocycles. The van der Waals surface area contributed by atoms with Crippen molar-refractivity contribution in [1.82, 2.24) is 24.8 Å². The number of rotatable bonds is 5. The molecule has 0 unspecified atom stereocenters. The van der Waals surface area contributed by atoms with Gasteiger partial charge in [0.15, 0.2) is 0 Å². The molecule has 0 atom stereocenters. The largest absolute Gasteiger partial charge is 0.368 e. The van der Waals surface area contributed by atoms with Gasteiger partial charge in [-0.05, 0) is 48.5 Å². The Bertz CT molecular complexity index is 1050. The van der Waals surface area contributed by atoms with Crippen molar-refractivity contribution in [2.75, 3.05) is 37.2 Å². The number of carbonyl (C=O) groups excluding carboxylic acids is 1. The molecule has 0 bridgehead atoms. The van der Waals surface area contributed by atoms with Crippen molar-refractivity contribution >= 4 is 46.7 Å². The van der Waals surface area contributed by atoms with Crippen molar-refractivity contribution in [2.45, 2.75) is 6.54 Å². The number of aromatic nitrogens is 3. The molecule has 8 nitrogen and oxygen atoms in total. The first-order valence-corrected chi connectivity index (χ1v) is 10.5. The van der Waals surface area contributed by atoms with Gasteiger partial charge in [-0.25, -0.2) is 0 Å². The molecule has 3 N–H and O–H groups in total. The second-order valence-corrected chi connectivity index (χ2v) is 8.01. The SMILES string of the molecule is Nc1nc(CN2CCN(C(=O)c3ccc(Cl)cc3)CC2)nc(Nc2ccc(Cl)cc2)n1. The molecule has 4 rings (SSSR count). The lowest BCUT2D eigenvalue weighted by molar-refractivity contribution is 0.0625. The van der Waals surface area contributed by atoms with E-state index in [4.69, 9.17) is 28.9 Å². The Labute approximate surface area is 190 Å². The van der Waals surface area contributed by atoms with E-state index in [0.717, 1.165) is 5.69 Å². The van der Waals surface area contributed by atoms with Crippen molar-refractivity contribution in [3.8, 4) is 0 Å². The van der Waals surface area contributed by atoms with Crippen molar-refractivity contribution in [2.24, 2.45) is 0 Å². The number of hydrogen-bond donors (Lipinski definition) is 2. The predicted molar refractivity (Wildman–Crippen MR) is 122 cm³/mol. The molecule has 1 fully saturated rings. The highest BCUT2D eigenvalue weighted by molar-refractivity contribution is 6.30. The summed E-state index contributed by atoms with van der Waals surface area (Å²) in [6, 6.07) is 14.2. The number of hydrogen-bond acceptors (Lipinski definition) is 7. The molecule has 2 heterocycles. The summed E-state index contributed by atoms with van der Waals surface area (Å²) in [4.78, 5) is 29.6. The molecule has 1 aromatic heterocycles. The second-order valence-electron chi connectivity index (χ2n) is 7.14. The van der Waals surface area contributed by atoms with E-state index in [1.807, 2.05) is 17.0 Å². The lowest BCUT2D eigenvalue weighted by Gasteiger charge is -2.34. The topological polar surface area (TPSA) is 100 Å². The molecular formula is C21H21Cl2N7O. The highest BCUT2D eigenvalue weighted by atomic mass is 35.5. The summed E-state index contributed by atoms with van der Waals surface area (Å²) < 4.78 is 0. The van der Waals surface area contributed by atoms with E-state index in [1.54, 1.807) is 36.4 Å². The van der Waals surface area contributed by atoms with Gasteiger partial charge >= 0.3 is 0 Å². The lowest BCUT2D eigenvalue weighted by atomic mass is 10.2. The molecule has 0 saturated carbocycles. The summed E-state index contributed by atoms with van der Waals surface area (Å²) in [6.07, 6.45) is 0. The van der Waals surface area contributed by atoms with E-state index < -0.39 is 0 Å². The number of nitrogens with zero attached hydrogens (tertiary/aromatic N) is 5. The van der Waals surface area contributed by atoms with Gasteiger partial charge in [0.2, 0.25) is 11.9 Å². The fourth-order valence-corrected chi connectivity index (χ4v) is 3.56. The number of benzene rings is 2. The first-order chi connectivity index (χ1) is 15.0. The first-order valence-electron chi connectivity index (χ1n) is 9.76. The van der Waals surface area contributed by atoms with Crippen LogP contribution in [0.4, 0.5) is 17.6 Å². The van der Waals surface area contributed by atoms with E-state index in [0.29, 0.717) is 60.1 Å². The van der Waals surface area contributed by atoms with Crippen molar-refractivity contribution in [1.29, 1.82) is 0 Å². The summed E-state index contributed by atoms with van der Waals surface area (Å²) in [5, 5.41) is 4.37. The molecule has 0 spiro atoms. The third kappa shape index (κ3) is 5.61. The molecule has 1 aliphatic rings. The van der Waals surface area contributed by atoms with Gasteiger partial charge in [-0.15, -0.1) is 0 Å². The Morgan fingerprint density at radius 3 is 2.16 bits per heavy atom. The monoisotopic (exact) mass is 457 g/mol. The summed E-state index contributed by atoms with van der Waals surface area (Å²) in [5.74, 6) is 1.11. The molecule has 0 radical (unpaired) electrons. The van der Waals surface area contributed by atoms with Crippen LogP contribution < -0.4 is 11.1 Å². The molecule has 1 saturated heterocycles. The van der Waals surface area contributed by atoms with Crippen molar-refractivity contribution < 1.29 is 4.79 Å². The van der Waals surface area contributed by atoms with Crippen molar-refractivity contribution in [3.05, 3.63) is 70.0 Å². The maximum absolute atomic E-state index is 12.7. The number of carbonyl (C=O) groups is 1. The first kappa shape index (κ1) is 21.3. The Morgan fingerprint density at radius 1 is 0.903 bits per heavy atom. The van der Waals surface area contributed by atoms with Crippen LogP contribution in [-0.2, 0) is 6.54 Å².